The van der Waals surface area contributed by atoms with Gasteiger partial charge < -0.3 is 13.8 Å². The van der Waals surface area contributed by atoms with Crippen molar-refractivity contribution >= 4 is 24.9 Å². The summed E-state index contributed by atoms with van der Waals surface area (Å²) in [5, 5.41) is 0. The quantitative estimate of drug-likeness (QED) is 0.394. The van der Waals surface area contributed by atoms with Crippen molar-refractivity contribution in [2.24, 2.45) is 0 Å². The van der Waals surface area contributed by atoms with Crippen molar-refractivity contribution in [3.63, 3.8) is 0 Å². The van der Waals surface area contributed by atoms with E-state index in [9.17, 15) is 0 Å². The maximum absolute atomic E-state index is 8.05. The van der Waals surface area contributed by atoms with Crippen molar-refractivity contribution in [2.45, 2.75) is 20.8 Å². The maximum Gasteiger partial charge on any atom is 2.00 e. The Morgan fingerprint density at radius 3 is 1.08 bits per heavy atom. The first-order chi connectivity index (χ1) is 4.56. The minimum Gasteiger partial charge on any atom is -0.346 e. The minimum absolute atomic E-state index is 0. The average Bonchev–Trinajstić information content (AvgIpc) is 1.95. The molecule has 0 heterocycles. The average molecular weight is 314 g/mol. The molecule has 0 aliphatic carbocycles. The summed E-state index contributed by atoms with van der Waals surface area (Å²) in [6.45, 7) is 11.5. The molecule has 0 aromatic heterocycles. The zero-order chi connectivity index (χ0) is 9.21. The number of halogens is 1. The van der Waals surface area contributed by atoms with E-state index in [0.29, 0.717) is 0 Å². The fraction of sp³-hybridized carbons (Fsp3) is 0.667. The molecule has 0 rings (SSSR count). The number of rotatable bonds is 1. The Kier molecular flexibility index (Phi) is 55.5. The van der Waals surface area contributed by atoms with E-state index in [1.54, 1.807) is 13.8 Å². The van der Waals surface area contributed by atoms with Crippen molar-refractivity contribution in [3.05, 3.63) is 13.8 Å². The van der Waals surface area contributed by atoms with Crippen molar-refractivity contribution < 1.29 is 31.7 Å². The van der Waals surface area contributed by atoms with Crippen LogP contribution in [0.2, 0.25) is 0 Å². The summed E-state index contributed by atoms with van der Waals surface area (Å²) >= 11 is 0. The Morgan fingerprint density at radius 2 is 1.08 bits per heavy atom. The molecule has 0 amide bonds. The Balaban J connectivity index is -0.0000000241. The molecule has 0 fully saturated rings. The van der Waals surface area contributed by atoms with E-state index in [2.05, 4.69) is 13.8 Å². The molecule has 0 saturated heterocycles. The van der Waals surface area contributed by atoms with Gasteiger partial charge in [0.1, 0.15) is 6.16 Å². The van der Waals surface area contributed by atoms with E-state index in [0.717, 1.165) is 0 Å². The molecule has 3 nitrogen and oxygen atoms in total. The van der Waals surface area contributed by atoms with E-state index in [4.69, 9.17) is 14.7 Å². The van der Waals surface area contributed by atoms with Crippen LogP contribution in [0.4, 0.5) is 0 Å². The first-order valence-corrected chi connectivity index (χ1v) is 4.87. The van der Waals surface area contributed by atoms with Crippen molar-refractivity contribution in [2.75, 3.05) is 6.16 Å². The molecular weight excluding hydrogens is 294 g/mol. The second-order valence-corrected chi connectivity index (χ2v) is 3.03. The molecule has 83 valence electrons. The molecule has 0 aromatic rings. The second kappa shape index (κ2) is 22.8. The van der Waals surface area contributed by atoms with Gasteiger partial charge in [-0.3, -0.25) is 0 Å². The van der Waals surface area contributed by atoms with Crippen LogP contribution in [0, 0.1) is 13.8 Å². The fourth-order valence-electron chi connectivity index (χ4n) is 0. The van der Waals surface area contributed by atoms with Crippen LogP contribution in [0.15, 0.2) is 0 Å². The summed E-state index contributed by atoms with van der Waals surface area (Å²) in [4.78, 5) is 24.1. The van der Waals surface area contributed by atoms with Crippen LogP contribution in [-0.4, -0.2) is 20.8 Å². The van der Waals surface area contributed by atoms with Gasteiger partial charge in [-0.05, 0) is 6.92 Å². The topological polar surface area (TPSA) is 60.7 Å². The SMILES string of the molecule is Br.CC[P+](O)(O)O.[CH2-]C.[CH2-]C.[Cu+2]. The van der Waals surface area contributed by atoms with Gasteiger partial charge in [-0.15, -0.1) is 17.0 Å². The van der Waals surface area contributed by atoms with Crippen LogP contribution in [0.3, 0.4) is 0 Å². The molecule has 0 aromatic carbocycles. The van der Waals surface area contributed by atoms with Gasteiger partial charge in [-0.25, -0.2) is 0 Å². The van der Waals surface area contributed by atoms with Crippen molar-refractivity contribution in [1.29, 1.82) is 0 Å². The Morgan fingerprint density at radius 1 is 1.00 bits per heavy atom. The van der Waals surface area contributed by atoms with Gasteiger partial charge in [0.15, 0.2) is 0 Å². The van der Waals surface area contributed by atoms with Gasteiger partial charge in [0, 0.05) is 0 Å². The molecule has 3 N–H and O–H groups in total. The molecule has 6 heteroatoms. The largest absolute Gasteiger partial charge is 2.00 e. The van der Waals surface area contributed by atoms with E-state index < -0.39 is 7.94 Å². The second-order valence-electron chi connectivity index (χ2n) is 1.01. The first kappa shape index (κ1) is 29.2. The smallest absolute Gasteiger partial charge is 0.346 e. The minimum atomic E-state index is -3.40. The van der Waals surface area contributed by atoms with Gasteiger partial charge >= 0.3 is 25.0 Å². The van der Waals surface area contributed by atoms with Gasteiger partial charge in [0.25, 0.3) is 0 Å². The molecule has 12 heavy (non-hydrogen) atoms. The van der Waals surface area contributed by atoms with Crippen molar-refractivity contribution in [1.82, 2.24) is 0 Å². The number of hydrogen-bond acceptors (Lipinski definition) is 3. The first-order valence-electron chi connectivity index (χ1n) is 3.04. The van der Waals surface area contributed by atoms with Crippen molar-refractivity contribution in [3.8, 4) is 0 Å². The third kappa shape index (κ3) is 64.7. The van der Waals surface area contributed by atoms with Gasteiger partial charge in [-0.2, -0.15) is 28.5 Å². The predicted octanol–water partition coefficient (Wildman–Crippen LogP) is 2.00. The third-order valence-corrected chi connectivity index (χ3v) is 1.27. The molecule has 0 atom stereocenters. The molecule has 0 aliphatic rings. The van der Waals surface area contributed by atoms with E-state index >= 15 is 0 Å². The van der Waals surface area contributed by atoms with Crippen LogP contribution in [0.5, 0.6) is 0 Å². The fourth-order valence-corrected chi connectivity index (χ4v) is 0. The maximum atomic E-state index is 8.05. The summed E-state index contributed by atoms with van der Waals surface area (Å²) in [6.07, 6.45) is 0.0486. The monoisotopic (exact) mass is 312 g/mol. The summed E-state index contributed by atoms with van der Waals surface area (Å²) in [7, 11) is -3.40. The molecule has 0 saturated carbocycles. The summed E-state index contributed by atoms with van der Waals surface area (Å²) in [6, 6.07) is 0. The Labute approximate surface area is 97.4 Å². The van der Waals surface area contributed by atoms with Crippen LogP contribution in [0.1, 0.15) is 20.8 Å². The molecule has 0 bridgehead atoms. The van der Waals surface area contributed by atoms with Crippen LogP contribution < -0.4 is 0 Å². The van der Waals surface area contributed by atoms with E-state index in [-0.39, 0.29) is 40.2 Å². The van der Waals surface area contributed by atoms with E-state index in [1.165, 1.54) is 6.92 Å². The van der Waals surface area contributed by atoms with Crippen LogP contribution in [0.25, 0.3) is 0 Å². The molecule has 0 unspecified atom stereocenters. The van der Waals surface area contributed by atoms with Gasteiger partial charge in [0.05, 0.1) is 0 Å². The van der Waals surface area contributed by atoms with Gasteiger partial charge in [-0.1, -0.05) is 0 Å². The molecule has 0 aliphatic heterocycles. The molecule has 1 radical (unpaired) electrons. The summed E-state index contributed by atoms with van der Waals surface area (Å²) < 4.78 is 0. The summed E-state index contributed by atoms with van der Waals surface area (Å²) in [5.41, 5.74) is 0. The molecule has 0 spiro atoms. The number of hydrogen-bond donors (Lipinski definition) is 3. The summed E-state index contributed by atoms with van der Waals surface area (Å²) in [5.74, 6) is 0. The normalized spacial score (nSPS) is 7.00. The Bertz CT molecular complexity index is 52.5. The Hall–Kier alpha value is 1.31. The van der Waals surface area contributed by atoms with Crippen LogP contribution in [-0.2, 0) is 17.1 Å². The van der Waals surface area contributed by atoms with E-state index in [1.807, 2.05) is 0 Å². The predicted molar refractivity (Wildman–Crippen MR) is 56.5 cm³/mol. The zero-order valence-electron chi connectivity index (χ0n) is 7.62. The zero-order valence-corrected chi connectivity index (χ0v) is 11.2. The standard InChI is InChI=1S/C2H8O3P.2C2H5.BrH.Cu/c1-2-6(3,4)5;2*1-2;;/h3-5H,2H2,1H3;2*1H2,2H3;1H;/q+1;2*-1;;+2. The van der Waals surface area contributed by atoms with Gasteiger partial charge in [0.2, 0.25) is 0 Å². The van der Waals surface area contributed by atoms with Crippen LogP contribution >= 0.6 is 24.9 Å². The third-order valence-electron chi connectivity index (χ3n) is 0.424. The molecular formula is C6H19BrCuO3P+.